The molecule has 0 unspecified atom stereocenters. The minimum absolute atomic E-state index is 0.429. The number of nitrogens with one attached hydrogen (secondary N) is 1. The molecule has 2 heteroatoms. The van der Waals surface area contributed by atoms with Gasteiger partial charge in [0.25, 0.3) is 0 Å². The molecule has 2 aromatic rings. The van der Waals surface area contributed by atoms with E-state index in [1.165, 1.54) is 42.4 Å². The normalized spacial score (nSPS) is 19.1. The van der Waals surface area contributed by atoms with E-state index in [9.17, 15) is 0 Å². The molecule has 20 heavy (non-hydrogen) atoms. The van der Waals surface area contributed by atoms with Crippen molar-refractivity contribution in [1.29, 1.82) is 0 Å². The molecule has 3 rings (SSSR count). The Morgan fingerprint density at radius 3 is 2.50 bits per heavy atom. The third-order valence-corrected chi connectivity index (χ3v) is 4.66. The van der Waals surface area contributed by atoms with Gasteiger partial charge in [-0.2, -0.15) is 0 Å². The minimum atomic E-state index is 0.429. The van der Waals surface area contributed by atoms with E-state index in [4.69, 9.17) is 0 Å². The number of fused-ring (bicyclic) bond motifs is 1. The van der Waals surface area contributed by atoms with Gasteiger partial charge in [-0.25, -0.2) is 0 Å². The van der Waals surface area contributed by atoms with Crippen molar-refractivity contribution >= 4 is 16.5 Å². The van der Waals surface area contributed by atoms with Crippen molar-refractivity contribution in [3.8, 4) is 0 Å². The summed E-state index contributed by atoms with van der Waals surface area (Å²) in [6.45, 7) is 5.92. The highest BCUT2D eigenvalue weighted by molar-refractivity contribution is 5.85. The molecule has 1 aliphatic rings. The second kappa shape index (κ2) is 5.45. The van der Waals surface area contributed by atoms with Crippen LogP contribution < -0.4 is 5.32 Å². The van der Waals surface area contributed by atoms with E-state index >= 15 is 0 Å². The Kier molecular flexibility index (Phi) is 3.66. The Morgan fingerprint density at radius 2 is 1.75 bits per heavy atom. The van der Waals surface area contributed by atoms with Crippen molar-refractivity contribution in [2.45, 2.75) is 19.8 Å². The molecule has 0 bridgehead atoms. The van der Waals surface area contributed by atoms with E-state index in [-0.39, 0.29) is 0 Å². The Hall–Kier alpha value is -1.54. The SMILES string of the molecule is CN1CCC(C)(CNc2ccc3ccccc3c2)CC1. The first kappa shape index (κ1) is 13.4. The average molecular weight is 268 g/mol. The van der Waals surface area contributed by atoms with Gasteiger partial charge in [0.2, 0.25) is 0 Å². The van der Waals surface area contributed by atoms with Crippen molar-refractivity contribution in [2.75, 3.05) is 32.0 Å². The Bertz CT molecular complexity index is 583. The Morgan fingerprint density at radius 1 is 1.05 bits per heavy atom. The molecular weight excluding hydrogens is 244 g/mol. The number of likely N-dealkylation sites (tertiary alicyclic amines) is 1. The summed E-state index contributed by atoms with van der Waals surface area (Å²) in [7, 11) is 2.22. The largest absolute Gasteiger partial charge is 0.384 e. The zero-order valence-electron chi connectivity index (χ0n) is 12.5. The van der Waals surface area contributed by atoms with Crippen molar-refractivity contribution in [1.82, 2.24) is 4.90 Å². The summed E-state index contributed by atoms with van der Waals surface area (Å²) in [5, 5.41) is 6.26. The number of benzene rings is 2. The van der Waals surface area contributed by atoms with Gasteiger partial charge in [0.1, 0.15) is 0 Å². The topological polar surface area (TPSA) is 15.3 Å². The summed E-state index contributed by atoms with van der Waals surface area (Å²) < 4.78 is 0. The standard InChI is InChI=1S/C18H24N2/c1-18(9-11-20(2)12-10-18)14-19-17-8-7-15-5-3-4-6-16(15)13-17/h3-8,13,19H,9-12,14H2,1-2H3. The number of hydrogen-bond acceptors (Lipinski definition) is 2. The van der Waals surface area contributed by atoms with Gasteiger partial charge >= 0.3 is 0 Å². The lowest BCUT2D eigenvalue weighted by atomic mass is 9.80. The van der Waals surface area contributed by atoms with Crippen LogP contribution in [-0.2, 0) is 0 Å². The fraction of sp³-hybridized carbons (Fsp3) is 0.444. The first-order chi connectivity index (χ1) is 9.65. The second-order valence-corrected chi connectivity index (χ2v) is 6.53. The highest BCUT2D eigenvalue weighted by atomic mass is 15.1. The zero-order chi connectivity index (χ0) is 14.0. The molecule has 0 spiro atoms. The van der Waals surface area contributed by atoms with E-state index < -0.39 is 0 Å². The van der Waals surface area contributed by atoms with Crippen LogP contribution in [0.4, 0.5) is 5.69 Å². The minimum Gasteiger partial charge on any atom is -0.384 e. The van der Waals surface area contributed by atoms with E-state index in [1.54, 1.807) is 0 Å². The smallest absolute Gasteiger partial charge is 0.0346 e. The van der Waals surface area contributed by atoms with Crippen LogP contribution in [0.15, 0.2) is 42.5 Å². The highest BCUT2D eigenvalue weighted by Crippen LogP contribution is 2.31. The molecule has 0 amide bonds. The third-order valence-electron chi connectivity index (χ3n) is 4.66. The maximum atomic E-state index is 3.64. The lowest BCUT2D eigenvalue weighted by molar-refractivity contribution is 0.150. The molecule has 0 atom stereocenters. The predicted octanol–water partition coefficient (Wildman–Crippen LogP) is 3.98. The Balaban J connectivity index is 1.67. The lowest BCUT2D eigenvalue weighted by Gasteiger charge is -2.38. The molecule has 0 saturated carbocycles. The lowest BCUT2D eigenvalue weighted by Crippen LogP contribution is -2.40. The molecule has 1 aliphatic heterocycles. The number of piperidine rings is 1. The van der Waals surface area contributed by atoms with Gasteiger partial charge in [0.15, 0.2) is 0 Å². The number of nitrogens with zero attached hydrogens (tertiary/aromatic N) is 1. The van der Waals surface area contributed by atoms with E-state index in [2.05, 4.69) is 66.7 Å². The van der Waals surface area contributed by atoms with Crippen LogP contribution in [0, 0.1) is 5.41 Å². The fourth-order valence-electron chi connectivity index (χ4n) is 2.95. The number of anilines is 1. The summed E-state index contributed by atoms with van der Waals surface area (Å²) in [5.74, 6) is 0. The van der Waals surface area contributed by atoms with Crippen molar-refractivity contribution in [3.63, 3.8) is 0 Å². The third kappa shape index (κ3) is 2.96. The summed E-state index contributed by atoms with van der Waals surface area (Å²) in [6.07, 6.45) is 2.56. The summed E-state index contributed by atoms with van der Waals surface area (Å²) in [4.78, 5) is 2.43. The average Bonchev–Trinajstić information content (AvgIpc) is 2.48. The van der Waals surface area contributed by atoms with Gasteiger partial charge in [-0.15, -0.1) is 0 Å². The molecule has 1 N–H and O–H groups in total. The maximum Gasteiger partial charge on any atom is 0.0346 e. The molecule has 2 aromatic carbocycles. The van der Waals surface area contributed by atoms with Gasteiger partial charge in [-0.3, -0.25) is 0 Å². The first-order valence-corrected chi connectivity index (χ1v) is 7.56. The van der Waals surface area contributed by atoms with E-state index in [0.29, 0.717) is 5.41 Å². The summed E-state index contributed by atoms with van der Waals surface area (Å²) in [5.41, 5.74) is 1.67. The van der Waals surface area contributed by atoms with Gasteiger partial charge in [0.05, 0.1) is 0 Å². The monoisotopic (exact) mass is 268 g/mol. The van der Waals surface area contributed by atoms with Crippen LogP contribution in [0.3, 0.4) is 0 Å². The van der Waals surface area contributed by atoms with Gasteiger partial charge in [-0.05, 0) is 61.3 Å². The highest BCUT2D eigenvalue weighted by Gasteiger charge is 2.28. The Labute approximate surface area is 121 Å². The molecule has 1 heterocycles. The van der Waals surface area contributed by atoms with Crippen molar-refractivity contribution in [2.24, 2.45) is 5.41 Å². The molecule has 0 radical (unpaired) electrons. The van der Waals surface area contributed by atoms with Crippen LogP contribution >= 0.6 is 0 Å². The zero-order valence-corrected chi connectivity index (χ0v) is 12.5. The quantitative estimate of drug-likeness (QED) is 0.905. The molecular formula is C18H24N2. The van der Waals surface area contributed by atoms with Crippen LogP contribution in [-0.4, -0.2) is 31.6 Å². The van der Waals surface area contributed by atoms with Gasteiger partial charge < -0.3 is 10.2 Å². The molecule has 0 aliphatic carbocycles. The molecule has 106 valence electrons. The van der Waals surface area contributed by atoms with Gasteiger partial charge in [-0.1, -0.05) is 37.3 Å². The van der Waals surface area contributed by atoms with Gasteiger partial charge in [0, 0.05) is 12.2 Å². The van der Waals surface area contributed by atoms with Crippen LogP contribution in [0.5, 0.6) is 0 Å². The van der Waals surface area contributed by atoms with Crippen LogP contribution in [0.2, 0.25) is 0 Å². The number of hydrogen-bond donors (Lipinski definition) is 1. The van der Waals surface area contributed by atoms with Crippen LogP contribution in [0.1, 0.15) is 19.8 Å². The summed E-state index contributed by atoms with van der Waals surface area (Å²) >= 11 is 0. The first-order valence-electron chi connectivity index (χ1n) is 7.56. The van der Waals surface area contributed by atoms with E-state index in [0.717, 1.165) is 6.54 Å². The molecule has 0 aromatic heterocycles. The molecule has 1 fully saturated rings. The van der Waals surface area contributed by atoms with E-state index in [1.807, 2.05) is 0 Å². The predicted molar refractivity (Wildman–Crippen MR) is 87.3 cm³/mol. The molecule has 1 saturated heterocycles. The maximum absolute atomic E-state index is 3.64. The van der Waals surface area contributed by atoms with Crippen molar-refractivity contribution < 1.29 is 0 Å². The summed E-state index contributed by atoms with van der Waals surface area (Å²) in [6, 6.07) is 15.2. The van der Waals surface area contributed by atoms with Crippen molar-refractivity contribution in [3.05, 3.63) is 42.5 Å². The molecule has 2 nitrogen and oxygen atoms in total. The number of rotatable bonds is 3. The fourth-order valence-corrected chi connectivity index (χ4v) is 2.95. The van der Waals surface area contributed by atoms with Crippen LogP contribution in [0.25, 0.3) is 10.8 Å². The second-order valence-electron chi connectivity index (χ2n) is 6.53.